The molecule has 4 heterocycles. The third-order valence-corrected chi connectivity index (χ3v) is 5.35. The summed E-state index contributed by atoms with van der Waals surface area (Å²) in [6.07, 6.45) is 2.05. The highest BCUT2D eigenvalue weighted by molar-refractivity contribution is 6.01. The number of anilines is 1. The van der Waals surface area contributed by atoms with Crippen LogP contribution in [0.1, 0.15) is 42.2 Å². The van der Waals surface area contributed by atoms with Crippen LogP contribution in [0.4, 0.5) is 19.1 Å². The quantitative estimate of drug-likeness (QED) is 0.332. The van der Waals surface area contributed by atoms with E-state index in [1.807, 2.05) is 6.92 Å². The summed E-state index contributed by atoms with van der Waals surface area (Å²) in [6, 6.07) is 3.48. The maximum absolute atomic E-state index is 12.8. The number of carbonyl (C=O) groups excluding carboxylic acids is 1. The highest BCUT2D eigenvalue weighted by Crippen LogP contribution is 2.28. The van der Waals surface area contributed by atoms with Gasteiger partial charge in [0.1, 0.15) is 0 Å². The van der Waals surface area contributed by atoms with Crippen LogP contribution in [0.15, 0.2) is 43.0 Å². The highest BCUT2D eigenvalue weighted by Gasteiger charge is 2.31. The minimum absolute atomic E-state index is 0.0106. The number of carbonyl (C=O) groups is 1. The molecule has 1 unspecified atom stereocenters. The number of halogens is 3. The van der Waals surface area contributed by atoms with Crippen LogP contribution >= 0.6 is 0 Å². The van der Waals surface area contributed by atoms with Crippen molar-refractivity contribution in [2.45, 2.75) is 38.7 Å². The molecule has 0 bridgehead atoms. The van der Waals surface area contributed by atoms with Gasteiger partial charge in [0.05, 0.1) is 24.4 Å². The van der Waals surface area contributed by atoms with Crippen molar-refractivity contribution in [3.05, 3.63) is 54.1 Å². The number of nitrogen functional groups attached to an aromatic ring is 1. The summed E-state index contributed by atoms with van der Waals surface area (Å²) in [7, 11) is 0. The average molecular weight is 504 g/mol. The molecule has 11 nitrogen and oxygen atoms in total. The molecule has 4 aromatic heterocycles. The maximum Gasteiger partial charge on any atom is 0.574 e. The van der Waals surface area contributed by atoms with Crippen molar-refractivity contribution in [2.75, 3.05) is 12.3 Å². The van der Waals surface area contributed by atoms with Crippen LogP contribution in [-0.4, -0.2) is 59.4 Å². The molecule has 36 heavy (non-hydrogen) atoms. The first-order valence-corrected chi connectivity index (χ1v) is 10.9. The van der Waals surface area contributed by atoms with E-state index in [9.17, 15) is 23.1 Å². The Kier molecular flexibility index (Phi) is 6.79. The Bertz CT molecular complexity index is 1370. The van der Waals surface area contributed by atoms with E-state index < -0.39 is 24.2 Å². The summed E-state index contributed by atoms with van der Waals surface area (Å²) in [5.41, 5.74) is 8.09. The molecular formula is C22H23F3N8O3. The maximum atomic E-state index is 12.8. The molecule has 0 aliphatic rings. The predicted molar refractivity (Wildman–Crippen MR) is 122 cm³/mol. The van der Waals surface area contributed by atoms with Crippen molar-refractivity contribution in [3.63, 3.8) is 0 Å². The van der Waals surface area contributed by atoms with Gasteiger partial charge in [-0.05, 0) is 31.0 Å². The van der Waals surface area contributed by atoms with Crippen molar-refractivity contribution in [2.24, 2.45) is 0 Å². The summed E-state index contributed by atoms with van der Waals surface area (Å²) in [6.45, 7) is 3.32. The lowest BCUT2D eigenvalue weighted by Crippen LogP contribution is -2.35. The largest absolute Gasteiger partial charge is 0.574 e. The van der Waals surface area contributed by atoms with E-state index in [1.165, 1.54) is 16.8 Å². The average Bonchev–Trinajstić information content (AvgIpc) is 3.45. The van der Waals surface area contributed by atoms with E-state index in [-0.39, 0.29) is 29.8 Å². The van der Waals surface area contributed by atoms with Crippen LogP contribution in [0.25, 0.3) is 16.8 Å². The van der Waals surface area contributed by atoms with Gasteiger partial charge < -0.3 is 20.9 Å². The SMILES string of the molecule is CCC(c1ccc(OC(F)(F)F)nc1)n1cc(-c2cc(C(=O)N[C@@H](C)CO)c3nc(N)nn3c2)cn1. The van der Waals surface area contributed by atoms with Gasteiger partial charge in [-0.3, -0.25) is 9.48 Å². The van der Waals surface area contributed by atoms with Gasteiger partial charge in [0.15, 0.2) is 5.65 Å². The summed E-state index contributed by atoms with van der Waals surface area (Å²) in [4.78, 5) is 20.7. The van der Waals surface area contributed by atoms with Gasteiger partial charge in [-0.2, -0.15) is 10.1 Å². The predicted octanol–water partition coefficient (Wildman–Crippen LogP) is 2.58. The Balaban J connectivity index is 1.66. The number of ether oxygens (including phenoxy) is 1. The van der Waals surface area contributed by atoms with Crippen LogP contribution in [0, 0.1) is 0 Å². The highest BCUT2D eigenvalue weighted by atomic mass is 19.4. The Hall–Kier alpha value is -4.20. The number of nitrogens with two attached hydrogens (primary N) is 1. The van der Waals surface area contributed by atoms with Crippen molar-refractivity contribution < 1.29 is 27.8 Å². The molecule has 4 N–H and O–H groups in total. The number of alkyl halides is 3. The molecule has 0 aliphatic heterocycles. The number of fused-ring (bicyclic) bond motifs is 1. The molecular weight excluding hydrogens is 481 g/mol. The molecule has 0 aliphatic carbocycles. The van der Waals surface area contributed by atoms with E-state index in [0.717, 1.165) is 6.07 Å². The standard InChI is InChI=1S/C22H23F3N8O3/c1-3-17(13-4-5-18(27-7-13)36-22(23,24)25)32-10-15(8-28-32)14-6-16(20(35)29-12(2)11-34)19-30-21(26)31-33(19)9-14/h4-10,12,17,34H,3,11H2,1-2H3,(H2,26,31)(H,29,35)/t12-,17?/m0/s1. The molecule has 0 radical (unpaired) electrons. The number of aromatic nitrogens is 6. The zero-order valence-electron chi connectivity index (χ0n) is 19.3. The van der Waals surface area contributed by atoms with Crippen molar-refractivity contribution in [3.8, 4) is 17.0 Å². The minimum Gasteiger partial charge on any atom is -0.394 e. The molecule has 0 saturated heterocycles. The van der Waals surface area contributed by atoms with E-state index in [2.05, 4.69) is 30.2 Å². The molecule has 0 fully saturated rings. The first-order chi connectivity index (χ1) is 17.1. The monoisotopic (exact) mass is 504 g/mol. The second-order valence-corrected chi connectivity index (χ2v) is 8.05. The first-order valence-electron chi connectivity index (χ1n) is 10.9. The Labute approximate surface area is 202 Å². The second kappa shape index (κ2) is 9.81. The summed E-state index contributed by atoms with van der Waals surface area (Å²) >= 11 is 0. The molecule has 190 valence electrons. The van der Waals surface area contributed by atoms with Crippen molar-refractivity contribution in [1.82, 2.24) is 34.7 Å². The van der Waals surface area contributed by atoms with Crippen LogP contribution in [0.5, 0.6) is 5.88 Å². The van der Waals surface area contributed by atoms with E-state index >= 15 is 0 Å². The number of rotatable bonds is 8. The fourth-order valence-electron chi connectivity index (χ4n) is 3.68. The smallest absolute Gasteiger partial charge is 0.394 e. The Morgan fingerprint density at radius 3 is 2.67 bits per heavy atom. The molecule has 14 heteroatoms. The van der Waals surface area contributed by atoms with E-state index in [4.69, 9.17) is 5.73 Å². The molecule has 0 spiro atoms. The third kappa shape index (κ3) is 5.38. The Morgan fingerprint density at radius 2 is 2.03 bits per heavy atom. The van der Waals surface area contributed by atoms with Gasteiger partial charge in [0, 0.05) is 41.8 Å². The van der Waals surface area contributed by atoms with Gasteiger partial charge in [-0.15, -0.1) is 18.3 Å². The number of hydrogen-bond donors (Lipinski definition) is 3. The van der Waals surface area contributed by atoms with E-state index in [0.29, 0.717) is 23.1 Å². The summed E-state index contributed by atoms with van der Waals surface area (Å²) in [5.74, 6) is -1.02. The van der Waals surface area contributed by atoms with Crippen molar-refractivity contribution >= 4 is 17.5 Å². The number of nitrogens with zero attached hydrogens (tertiary/aromatic N) is 6. The second-order valence-electron chi connectivity index (χ2n) is 8.05. The lowest BCUT2D eigenvalue weighted by Gasteiger charge is -2.16. The molecule has 4 rings (SSSR count). The topological polar surface area (TPSA) is 145 Å². The van der Waals surface area contributed by atoms with Gasteiger partial charge in [0.2, 0.25) is 11.8 Å². The molecule has 1 amide bonds. The number of pyridine rings is 2. The lowest BCUT2D eigenvalue weighted by molar-refractivity contribution is -0.276. The Morgan fingerprint density at radius 1 is 1.25 bits per heavy atom. The number of aliphatic hydroxyl groups excluding tert-OH is 1. The molecule has 0 saturated carbocycles. The number of hydrogen-bond acceptors (Lipinski definition) is 8. The third-order valence-electron chi connectivity index (χ3n) is 5.35. The number of aliphatic hydroxyl groups is 1. The number of nitrogens with one attached hydrogen (secondary N) is 1. The summed E-state index contributed by atoms with van der Waals surface area (Å²) in [5, 5.41) is 20.5. The van der Waals surface area contributed by atoms with E-state index in [1.54, 1.807) is 36.3 Å². The van der Waals surface area contributed by atoms with Gasteiger partial charge in [-0.1, -0.05) is 6.92 Å². The van der Waals surface area contributed by atoms with Gasteiger partial charge in [-0.25, -0.2) is 9.50 Å². The van der Waals surface area contributed by atoms with Crippen LogP contribution in [-0.2, 0) is 0 Å². The normalized spacial score (nSPS) is 13.5. The fraction of sp³-hybridized carbons (Fsp3) is 0.318. The van der Waals surface area contributed by atoms with Crippen LogP contribution in [0.2, 0.25) is 0 Å². The summed E-state index contributed by atoms with van der Waals surface area (Å²) < 4.78 is 44.2. The molecule has 0 aromatic carbocycles. The zero-order valence-corrected chi connectivity index (χ0v) is 19.3. The van der Waals surface area contributed by atoms with Gasteiger partial charge in [0.25, 0.3) is 5.91 Å². The minimum atomic E-state index is -4.82. The fourth-order valence-corrected chi connectivity index (χ4v) is 3.68. The lowest BCUT2D eigenvalue weighted by atomic mass is 10.1. The van der Waals surface area contributed by atoms with Crippen LogP contribution < -0.4 is 15.8 Å². The molecule has 2 atom stereocenters. The van der Waals surface area contributed by atoms with Gasteiger partial charge >= 0.3 is 6.36 Å². The van der Waals surface area contributed by atoms with Crippen molar-refractivity contribution in [1.29, 1.82) is 0 Å². The first kappa shape index (κ1) is 24.9. The zero-order chi connectivity index (χ0) is 26.0. The number of amides is 1. The molecule has 4 aromatic rings. The van der Waals surface area contributed by atoms with Crippen LogP contribution in [0.3, 0.4) is 0 Å².